The van der Waals surface area contributed by atoms with Crippen LogP contribution in [0.5, 0.6) is 5.75 Å². The lowest BCUT2D eigenvalue weighted by molar-refractivity contribution is 0.186. The minimum Gasteiger partial charge on any atom is -0.493 e. The quantitative estimate of drug-likeness (QED) is 0.914. The summed E-state index contributed by atoms with van der Waals surface area (Å²) in [4.78, 5) is 0. The summed E-state index contributed by atoms with van der Waals surface area (Å²) in [6.45, 7) is 7.51. The fraction of sp³-hybridized carbons (Fsp3) is 0.500. The molecule has 0 unspecified atom stereocenters. The molecule has 0 amide bonds. The maximum atomic E-state index is 5.75. The van der Waals surface area contributed by atoms with Gasteiger partial charge in [0.25, 0.3) is 0 Å². The summed E-state index contributed by atoms with van der Waals surface area (Å²) in [5.41, 5.74) is 6.81. The zero-order valence-electron chi connectivity index (χ0n) is 9.51. The number of nitrogens with two attached hydrogens (primary N) is 1. The van der Waals surface area contributed by atoms with Crippen LogP contribution in [-0.4, -0.2) is 13.2 Å². The van der Waals surface area contributed by atoms with E-state index in [4.69, 9.17) is 10.5 Å². The zero-order valence-corrected chi connectivity index (χ0v) is 11.1. The molecular formula is C12H18BrNO. The van der Waals surface area contributed by atoms with Crippen LogP contribution in [0.1, 0.15) is 19.4 Å². The molecule has 1 aromatic rings. The van der Waals surface area contributed by atoms with E-state index in [1.807, 2.05) is 25.1 Å². The van der Waals surface area contributed by atoms with Crippen molar-refractivity contribution in [2.24, 2.45) is 11.1 Å². The average Bonchev–Trinajstić information content (AvgIpc) is 2.16. The van der Waals surface area contributed by atoms with Gasteiger partial charge in [0.1, 0.15) is 5.75 Å². The number of rotatable bonds is 4. The van der Waals surface area contributed by atoms with Crippen LogP contribution < -0.4 is 10.5 Å². The second-order valence-corrected chi connectivity index (χ2v) is 5.48. The highest BCUT2D eigenvalue weighted by Crippen LogP contribution is 2.24. The molecule has 0 atom stereocenters. The number of aryl methyl sites for hydroxylation is 1. The van der Waals surface area contributed by atoms with Gasteiger partial charge in [-0.25, -0.2) is 0 Å². The lowest BCUT2D eigenvalue weighted by atomic mass is 9.95. The summed E-state index contributed by atoms with van der Waals surface area (Å²) in [5, 5.41) is 0. The number of hydrogen-bond donors (Lipinski definition) is 1. The van der Waals surface area contributed by atoms with Crippen molar-refractivity contribution in [1.82, 2.24) is 0 Å². The molecule has 0 radical (unpaired) electrons. The molecule has 3 heteroatoms. The van der Waals surface area contributed by atoms with Gasteiger partial charge in [0.05, 0.1) is 6.61 Å². The van der Waals surface area contributed by atoms with Gasteiger partial charge in [-0.2, -0.15) is 0 Å². The molecule has 0 aliphatic carbocycles. The molecule has 1 rings (SSSR count). The molecule has 0 heterocycles. The van der Waals surface area contributed by atoms with Crippen molar-refractivity contribution in [3.8, 4) is 5.75 Å². The maximum Gasteiger partial charge on any atom is 0.122 e. The highest BCUT2D eigenvalue weighted by Gasteiger charge is 2.16. The monoisotopic (exact) mass is 271 g/mol. The summed E-state index contributed by atoms with van der Waals surface area (Å²) in [5.74, 6) is 0.930. The van der Waals surface area contributed by atoms with Gasteiger partial charge in [-0.15, -0.1) is 0 Å². The van der Waals surface area contributed by atoms with Crippen LogP contribution in [0.25, 0.3) is 0 Å². The van der Waals surface area contributed by atoms with Crippen LogP contribution in [0, 0.1) is 12.3 Å². The van der Waals surface area contributed by atoms with E-state index in [0.29, 0.717) is 13.2 Å². The average molecular weight is 272 g/mol. The van der Waals surface area contributed by atoms with Crippen LogP contribution >= 0.6 is 15.9 Å². The topological polar surface area (TPSA) is 35.2 Å². The molecule has 2 nitrogen and oxygen atoms in total. The van der Waals surface area contributed by atoms with Gasteiger partial charge in [0, 0.05) is 16.4 Å². The molecule has 84 valence electrons. The molecule has 0 aliphatic rings. The van der Waals surface area contributed by atoms with Gasteiger partial charge >= 0.3 is 0 Å². The van der Waals surface area contributed by atoms with E-state index in [1.54, 1.807) is 0 Å². The predicted molar refractivity (Wildman–Crippen MR) is 67.2 cm³/mol. The van der Waals surface area contributed by atoms with E-state index >= 15 is 0 Å². The predicted octanol–water partition coefficient (Wildman–Crippen LogP) is 3.12. The lowest BCUT2D eigenvalue weighted by Gasteiger charge is -2.23. The molecule has 0 spiro atoms. The highest BCUT2D eigenvalue weighted by atomic mass is 79.9. The molecular weight excluding hydrogens is 254 g/mol. The number of halogens is 1. The molecule has 0 saturated heterocycles. The van der Waals surface area contributed by atoms with Gasteiger partial charge in [-0.1, -0.05) is 29.8 Å². The third kappa shape index (κ3) is 3.84. The van der Waals surface area contributed by atoms with Gasteiger partial charge in [0.2, 0.25) is 0 Å². The Morgan fingerprint density at radius 1 is 1.40 bits per heavy atom. The van der Waals surface area contributed by atoms with Crippen LogP contribution in [-0.2, 0) is 0 Å². The van der Waals surface area contributed by atoms with E-state index in [0.717, 1.165) is 15.8 Å². The van der Waals surface area contributed by atoms with Crippen molar-refractivity contribution < 1.29 is 4.74 Å². The second kappa shape index (κ2) is 4.99. The summed E-state index contributed by atoms with van der Waals surface area (Å²) >= 11 is 3.42. The fourth-order valence-electron chi connectivity index (χ4n) is 1.11. The van der Waals surface area contributed by atoms with E-state index < -0.39 is 0 Å². The second-order valence-electron chi connectivity index (χ2n) is 4.57. The molecule has 0 aliphatic heterocycles. The summed E-state index contributed by atoms with van der Waals surface area (Å²) in [6.07, 6.45) is 0. The van der Waals surface area contributed by atoms with Crippen molar-refractivity contribution in [2.45, 2.75) is 20.8 Å². The molecule has 2 N–H and O–H groups in total. The minimum absolute atomic E-state index is 0.0273. The minimum atomic E-state index is 0.0273. The maximum absolute atomic E-state index is 5.75. The van der Waals surface area contributed by atoms with Gasteiger partial charge < -0.3 is 10.5 Å². The lowest BCUT2D eigenvalue weighted by Crippen LogP contribution is -2.30. The normalized spacial score (nSPS) is 11.5. The third-order valence-electron chi connectivity index (χ3n) is 2.31. The van der Waals surface area contributed by atoms with Crippen LogP contribution in [0.15, 0.2) is 22.7 Å². The Morgan fingerprint density at radius 2 is 2.07 bits per heavy atom. The Labute approximate surface area is 99.9 Å². The first-order chi connectivity index (χ1) is 6.94. The highest BCUT2D eigenvalue weighted by molar-refractivity contribution is 9.10. The third-order valence-corrected chi connectivity index (χ3v) is 2.80. The van der Waals surface area contributed by atoms with Gasteiger partial charge in [-0.05, 0) is 30.7 Å². The Morgan fingerprint density at radius 3 is 2.60 bits per heavy atom. The standard InChI is InChI=1S/C12H18BrNO/c1-9-6-10(13)4-5-11(9)15-8-12(2,3)7-14/h4-6H,7-8,14H2,1-3H3. The molecule has 0 fully saturated rings. The number of ether oxygens (including phenoxy) is 1. The molecule has 0 bridgehead atoms. The molecule has 15 heavy (non-hydrogen) atoms. The largest absolute Gasteiger partial charge is 0.493 e. The van der Waals surface area contributed by atoms with E-state index in [2.05, 4.69) is 29.8 Å². The van der Waals surface area contributed by atoms with E-state index in [1.165, 1.54) is 0 Å². The fourth-order valence-corrected chi connectivity index (χ4v) is 1.58. The summed E-state index contributed by atoms with van der Waals surface area (Å²) in [6, 6.07) is 6.01. The summed E-state index contributed by atoms with van der Waals surface area (Å²) < 4.78 is 6.82. The number of hydrogen-bond acceptors (Lipinski definition) is 2. The van der Waals surface area contributed by atoms with Gasteiger partial charge in [0.15, 0.2) is 0 Å². The van der Waals surface area contributed by atoms with Crippen LogP contribution in [0.3, 0.4) is 0 Å². The van der Waals surface area contributed by atoms with Crippen molar-refractivity contribution in [1.29, 1.82) is 0 Å². The van der Waals surface area contributed by atoms with Gasteiger partial charge in [-0.3, -0.25) is 0 Å². The van der Waals surface area contributed by atoms with E-state index in [-0.39, 0.29) is 5.41 Å². The van der Waals surface area contributed by atoms with Crippen molar-refractivity contribution in [3.63, 3.8) is 0 Å². The molecule has 0 aromatic heterocycles. The summed E-state index contributed by atoms with van der Waals surface area (Å²) in [7, 11) is 0. The molecule has 0 saturated carbocycles. The Bertz CT molecular complexity index is 336. The van der Waals surface area contributed by atoms with Crippen molar-refractivity contribution in [3.05, 3.63) is 28.2 Å². The number of benzene rings is 1. The molecule has 1 aromatic carbocycles. The first kappa shape index (κ1) is 12.5. The first-order valence-corrected chi connectivity index (χ1v) is 5.83. The Balaban J connectivity index is 2.66. The van der Waals surface area contributed by atoms with Crippen LogP contribution in [0.2, 0.25) is 0 Å². The Kier molecular flexibility index (Phi) is 4.17. The zero-order chi connectivity index (χ0) is 11.5. The van der Waals surface area contributed by atoms with Crippen LogP contribution in [0.4, 0.5) is 0 Å². The van der Waals surface area contributed by atoms with E-state index in [9.17, 15) is 0 Å². The van der Waals surface area contributed by atoms with Crippen molar-refractivity contribution >= 4 is 15.9 Å². The Hall–Kier alpha value is -0.540. The first-order valence-electron chi connectivity index (χ1n) is 5.04. The smallest absolute Gasteiger partial charge is 0.122 e. The SMILES string of the molecule is Cc1cc(Br)ccc1OCC(C)(C)CN. The van der Waals surface area contributed by atoms with Crippen molar-refractivity contribution in [2.75, 3.05) is 13.2 Å².